The Balaban J connectivity index is 0.00000280. The molecule has 1 amide bonds. The van der Waals surface area contributed by atoms with E-state index < -0.39 is 27.9 Å². The maximum absolute atomic E-state index is 13.3. The highest BCUT2D eigenvalue weighted by Gasteiger charge is 2.33. The van der Waals surface area contributed by atoms with Crippen molar-refractivity contribution in [3.05, 3.63) is 30.1 Å². The van der Waals surface area contributed by atoms with E-state index in [1.54, 1.807) is 4.90 Å². The Morgan fingerprint density at radius 2 is 2.00 bits per heavy atom. The summed E-state index contributed by atoms with van der Waals surface area (Å²) in [7, 11) is -3.85. The van der Waals surface area contributed by atoms with E-state index in [1.807, 2.05) is 0 Å². The summed E-state index contributed by atoms with van der Waals surface area (Å²) in [4.78, 5) is 14.3. The zero-order valence-corrected chi connectivity index (χ0v) is 17.2. The maximum Gasteiger partial charge on any atom is 0.240 e. The van der Waals surface area contributed by atoms with Gasteiger partial charge in [-0.2, -0.15) is 0 Å². The van der Waals surface area contributed by atoms with Crippen LogP contribution in [0.5, 0.6) is 0 Å². The van der Waals surface area contributed by atoms with Crippen LogP contribution in [0.25, 0.3) is 0 Å². The van der Waals surface area contributed by atoms with E-state index in [0.29, 0.717) is 32.6 Å². The van der Waals surface area contributed by atoms with Gasteiger partial charge in [-0.05, 0) is 49.8 Å². The van der Waals surface area contributed by atoms with E-state index in [-0.39, 0.29) is 35.7 Å². The van der Waals surface area contributed by atoms with Crippen molar-refractivity contribution < 1.29 is 22.3 Å². The minimum Gasteiger partial charge on any atom is -0.381 e. The third-order valence-electron chi connectivity index (χ3n) is 5.22. The number of hydrogen-bond acceptors (Lipinski definition) is 5. The summed E-state index contributed by atoms with van der Waals surface area (Å²) in [6.45, 7) is 2.06. The van der Waals surface area contributed by atoms with E-state index in [2.05, 4.69) is 4.72 Å². The fourth-order valence-electron chi connectivity index (χ4n) is 3.68. The molecule has 2 heterocycles. The van der Waals surface area contributed by atoms with Crippen molar-refractivity contribution in [2.45, 2.75) is 42.7 Å². The van der Waals surface area contributed by atoms with Crippen molar-refractivity contribution in [3.8, 4) is 0 Å². The van der Waals surface area contributed by atoms with Crippen molar-refractivity contribution >= 4 is 28.3 Å². The van der Waals surface area contributed by atoms with Crippen LogP contribution < -0.4 is 10.5 Å². The van der Waals surface area contributed by atoms with Gasteiger partial charge in [-0.15, -0.1) is 12.4 Å². The summed E-state index contributed by atoms with van der Waals surface area (Å²) in [6.07, 6.45) is 2.82. The number of nitrogens with two attached hydrogens (primary N) is 1. The molecule has 1 aromatic rings. The van der Waals surface area contributed by atoms with Crippen LogP contribution >= 0.6 is 12.4 Å². The number of likely N-dealkylation sites (tertiary alicyclic amines) is 1. The minimum absolute atomic E-state index is 0. The van der Waals surface area contributed by atoms with Crippen molar-refractivity contribution in [1.29, 1.82) is 0 Å². The zero-order valence-electron chi connectivity index (χ0n) is 15.6. The molecule has 2 unspecified atom stereocenters. The van der Waals surface area contributed by atoms with Crippen LogP contribution in [-0.2, 0) is 19.6 Å². The molecule has 2 fully saturated rings. The molecular formula is C18H27ClFN3O4S. The van der Waals surface area contributed by atoms with E-state index in [1.165, 1.54) is 18.2 Å². The highest BCUT2D eigenvalue weighted by molar-refractivity contribution is 7.89. The molecule has 0 saturated carbocycles. The van der Waals surface area contributed by atoms with Gasteiger partial charge in [0.05, 0.1) is 10.9 Å². The first-order valence-corrected chi connectivity index (χ1v) is 10.7. The first-order chi connectivity index (χ1) is 12.9. The van der Waals surface area contributed by atoms with Gasteiger partial charge in [0.15, 0.2) is 0 Å². The van der Waals surface area contributed by atoms with Gasteiger partial charge in [-0.1, -0.05) is 6.07 Å². The summed E-state index contributed by atoms with van der Waals surface area (Å²) in [5.74, 6) is -0.659. The number of piperidine rings is 1. The molecule has 7 nitrogen and oxygen atoms in total. The molecular weight excluding hydrogens is 409 g/mol. The quantitative estimate of drug-likeness (QED) is 0.725. The first kappa shape index (κ1) is 23.0. The maximum atomic E-state index is 13.3. The van der Waals surface area contributed by atoms with Crippen molar-refractivity contribution in [2.75, 3.05) is 26.3 Å². The van der Waals surface area contributed by atoms with Gasteiger partial charge < -0.3 is 15.4 Å². The smallest absolute Gasteiger partial charge is 0.240 e. The number of rotatable bonds is 5. The average Bonchev–Trinajstić information content (AvgIpc) is 2.67. The Labute approximate surface area is 171 Å². The van der Waals surface area contributed by atoms with Gasteiger partial charge in [0.1, 0.15) is 5.82 Å². The highest BCUT2D eigenvalue weighted by Crippen LogP contribution is 2.21. The molecule has 0 aromatic heterocycles. The SMILES string of the molecule is Cl.NC(C(=O)N1CCCC(NS(=O)(=O)c2cccc(F)c2)C1)C1CCOCC1. The Bertz CT molecular complexity index is 774. The fraction of sp³-hybridized carbons (Fsp3) is 0.611. The summed E-state index contributed by atoms with van der Waals surface area (Å²) in [5.41, 5.74) is 6.18. The summed E-state index contributed by atoms with van der Waals surface area (Å²) >= 11 is 0. The van der Waals surface area contributed by atoms with E-state index in [0.717, 1.165) is 18.9 Å². The summed E-state index contributed by atoms with van der Waals surface area (Å²) in [6, 6.07) is 3.86. The highest BCUT2D eigenvalue weighted by atomic mass is 35.5. The molecule has 2 saturated heterocycles. The van der Waals surface area contributed by atoms with Crippen LogP contribution in [0.15, 0.2) is 29.2 Å². The Hall–Kier alpha value is -1.26. The van der Waals surface area contributed by atoms with Crippen LogP contribution in [-0.4, -0.2) is 57.6 Å². The largest absolute Gasteiger partial charge is 0.381 e. The number of carbonyl (C=O) groups excluding carboxylic acids is 1. The monoisotopic (exact) mass is 435 g/mol. The Morgan fingerprint density at radius 1 is 1.29 bits per heavy atom. The molecule has 2 atom stereocenters. The lowest BCUT2D eigenvalue weighted by Gasteiger charge is -2.36. The fourth-order valence-corrected chi connectivity index (χ4v) is 4.98. The zero-order chi connectivity index (χ0) is 19.4. The normalized spacial score (nSPS) is 22.4. The molecule has 0 bridgehead atoms. The third-order valence-corrected chi connectivity index (χ3v) is 6.74. The number of nitrogens with one attached hydrogen (secondary N) is 1. The van der Waals surface area contributed by atoms with Gasteiger partial charge in [0.2, 0.25) is 15.9 Å². The lowest BCUT2D eigenvalue weighted by molar-refractivity contribution is -0.136. The number of ether oxygens (including phenoxy) is 1. The number of sulfonamides is 1. The van der Waals surface area contributed by atoms with Crippen LogP contribution in [0.1, 0.15) is 25.7 Å². The second kappa shape index (κ2) is 9.98. The van der Waals surface area contributed by atoms with Gasteiger partial charge in [0, 0.05) is 32.3 Å². The third kappa shape index (κ3) is 5.64. The Kier molecular flexibility index (Phi) is 8.20. The number of halogens is 2. The lowest BCUT2D eigenvalue weighted by atomic mass is 9.91. The summed E-state index contributed by atoms with van der Waals surface area (Å²) < 4.78 is 46.2. The van der Waals surface area contributed by atoms with Crippen LogP contribution in [0.4, 0.5) is 4.39 Å². The second-order valence-corrected chi connectivity index (χ2v) is 8.89. The Morgan fingerprint density at radius 3 is 2.68 bits per heavy atom. The summed E-state index contributed by atoms with van der Waals surface area (Å²) in [5, 5.41) is 0. The number of carbonyl (C=O) groups is 1. The molecule has 0 aliphatic carbocycles. The number of nitrogens with zero attached hydrogens (tertiary/aromatic N) is 1. The number of benzene rings is 1. The molecule has 0 radical (unpaired) electrons. The molecule has 158 valence electrons. The number of amides is 1. The lowest BCUT2D eigenvalue weighted by Crippen LogP contribution is -2.55. The van der Waals surface area contributed by atoms with Crippen molar-refractivity contribution in [1.82, 2.24) is 9.62 Å². The molecule has 3 N–H and O–H groups in total. The van der Waals surface area contributed by atoms with Gasteiger partial charge >= 0.3 is 0 Å². The molecule has 10 heteroatoms. The van der Waals surface area contributed by atoms with Gasteiger partial charge in [-0.25, -0.2) is 17.5 Å². The van der Waals surface area contributed by atoms with E-state index >= 15 is 0 Å². The van der Waals surface area contributed by atoms with Crippen LogP contribution in [0, 0.1) is 11.7 Å². The molecule has 28 heavy (non-hydrogen) atoms. The molecule has 1 aromatic carbocycles. The van der Waals surface area contributed by atoms with E-state index in [9.17, 15) is 17.6 Å². The van der Waals surface area contributed by atoms with Gasteiger partial charge in [0.25, 0.3) is 0 Å². The van der Waals surface area contributed by atoms with Crippen molar-refractivity contribution in [2.24, 2.45) is 11.7 Å². The van der Waals surface area contributed by atoms with Gasteiger partial charge in [-0.3, -0.25) is 4.79 Å². The van der Waals surface area contributed by atoms with Crippen LogP contribution in [0.2, 0.25) is 0 Å². The number of hydrogen-bond donors (Lipinski definition) is 2. The molecule has 2 aliphatic heterocycles. The van der Waals surface area contributed by atoms with Crippen LogP contribution in [0.3, 0.4) is 0 Å². The first-order valence-electron chi connectivity index (χ1n) is 9.27. The standard InChI is InChI=1S/C18H26FN3O4S.ClH/c19-14-3-1-5-16(11-14)27(24,25)21-15-4-2-8-22(12-15)18(23)17(20)13-6-9-26-10-7-13;/h1,3,5,11,13,15,17,21H,2,4,6-10,12,20H2;1H. The molecule has 3 rings (SSSR count). The second-order valence-electron chi connectivity index (χ2n) is 7.18. The molecule has 2 aliphatic rings. The predicted molar refractivity (Wildman–Crippen MR) is 105 cm³/mol. The predicted octanol–water partition coefficient (Wildman–Crippen LogP) is 1.27. The average molecular weight is 436 g/mol. The topological polar surface area (TPSA) is 102 Å². The molecule has 0 spiro atoms. The van der Waals surface area contributed by atoms with Crippen molar-refractivity contribution in [3.63, 3.8) is 0 Å². The van der Waals surface area contributed by atoms with E-state index in [4.69, 9.17) is 10.5 Å². The minimum atomic E-state index is -3.85.